The van der Waals surface area contributed by atoms with Gasteiger partial charge >= 0.3 is 0 Å². The highest BCUT2D eigenvalue weighted by Crippen LogP contribution is 2.55. The number of rotatable bonds is 3. The molecule has 0 fully saturated rings. The molecule has 5 heteroatoms. The molecule has 0 aromatic heterocycles. The van der Waals surface area contributed by atoms with Gasteiger partial charge in [0.15, 0.2) is 5.75 Å². The lowest BCUT2D eigenvalue weighted by atomic mass is 9.99. The Balaban J connectivity index is 1.36. The largest absolute Gasteiger partial charge is 0.455 e. The average Bonchev–Trinajstić information content (AvgIpc) is 3.08. The molecule has 0 bridgehead atoms. The number of hydrogen-bond acceptors (Lipinski definition) is 4. The molecule has 0 radical (unpaired) electrons. The van der Waals surface area contributed by atoms with Crippen LogP contribution in [0.2, 0.25) is 13.1 Å². The van der Waals surface area contributed by atoms with Crippen LogP contribution in [0.3, 0.4) is 0 Å². The van der Waals surface area contributed by atoms with Crippen molar-refractivity contribution < 1.29 is 9.47 Å². The van der Waals surface area contributed by atoms with Crippen molar-refractivity contribution in [1.82, 2.24) is 0 Å². The van der Waals surface area contributed by atoms with Crippen LogP contribution in [-0.2, 0) is 0 Å². The van der Waals surface area contributed by atoms with E-state index in [9.17, 15) is 0 Å². The highest BCUT2D eigenvalue weighted by Gasteiger charge is 2.39. The summed E-state index contributed by atoms with van der Waals surface area (Å²) in [6.45, 7) is 4.86. The van der Waals surface area contributed by atoms with Gasteiger partial charge in [0.1, 0.15) is 25.3 Å². The summed E-state index contributed by atoms with van der Waals surface area (Å²) in [5.74, 6) is 3.64. The van der Waals surface area contributed by atoms with E-state index in [-0.39, 0.29) is 0 Å². The molecule has 7 aromatic carbocycles. The minimum Gasteiger partial charge on any atom is -0.455 e. The number of para-hydroxylation sites is 3. The van der Waals surface area contributed by atoms with E-state index in [0.717, 1.165) is 49.9 Å². The highest BCUT2D eigenvalue weighted by atomic mass is 32.2. The molecule has 2 aliphatic rings. The van der Waals surface area contributed by atoms with Crippen LogP contribution in [0.1, 0.15) is 0 Å². The molecular formula is C40H29NO2SSi. The molecule has 0 spiro atoms. The van der Waals surface area contributed by atoms with Gasteiger partial charge in [-0.05, 0) is 69.0 Å². The van der Waals surface area contributed by atoms with Gasteiger partial charge in [-0.25, -0.2) is 0 Å². The van der Waals surface area contributed by atoms with Crippen LogP contribution in [-0.4, -0.2) is 8.07 Å². The lowest BCUT2D eigenvalue weighted by Gasteiger charge is -2.37. The summed E-state index contributed by atoms with van der Waals surface area (Å²) >= 11 is 1.76. The standard InChI is InChI=1S/C40H29NO2SSi/c1-45(2)37-23-10-8-20-34(37)43-39-30(17-12-24-38(39)45)41(31-18-11-21-35-40(31)44-36-22-9-7-19-33(36)42-35)32-25-26-13-3-4-14-27(26)28-15-5-6-16-29(28)32/h3-25H,1-2H3. The lowest BCUT2D eigenvalue weighted by molar-refractivity contribution is 0.455. The minimum atomic E-state index is -2.07. The number of nitrogens with zero attached hydrogens (tertiary/aromatic N) is 1. The van der Waals surface area contributed by atoms with Gasteiger partial charge < -0.3 is 14.4 Å². The quantitative estimate of drug-likeness (QED) is 0.146. The van der Waals surface area contributed by atoms with Gasteiger partial charge in [-0.2, -0.15) is 0 Å². The number of hydrogen-bond donors (Lipinski definition) is 0. The predicted octanol–water partition coefficient (Wildman–Crippen LogP) is 10.6. The predicted molar refractivity (Wildman–Crippen MR) is 190 cm³/mol. The van der Waals surface area contributed by atoms with E-state index in [1.165, 1.54) is 31.9 Å². The number of anilines is 3. The zero-order valence-corrected chi connectivity index (χ0v) is 26.8. The monoisotopic (exact) mass is 615 g/mol. The first-order valence-corrected chi connectivity index (χ1v) is 19.1. The highest BCUT2D eigenvalue weighted by molar-refractivity contribution is 7.99. The average molecular weight is 616 g/mol. The topological polar surface area (TPSA) is 21.7 Å². The molecule has 0 saturated heterocycles. The molecule has 9 rings (SSSR count). The van der Waals surface area contributed by atoms with Crippen LogP contribution in [0.4, 0.5) is 17.1 Å². The molecule has 0 amide bonds. The van der Waals surface area contributed by atoms with Gasteiger partial charge in [-0.15, -0.1) is 0 Å². The minimum absolute atomic E-state index is 0.858. The number of fused-ring (bicyclic) bond motifs is 7. The summed E-state index contributed by atoms with van der Waals surface area (Å²) in [7, 11) is -2.07. The van der Waals surface area contributed by atoms with E-state index < -0.39 is 8.07 Å². The summed E-state index contributed by atoms with van der Waals surface area (Å²) in [6.07, 6.45) is 0. The van der Waals surface area contributed by atoms with Gasteiger partial charge in [0, 0.05) is 5.39 Å². The Morgan fingerprint density at radius 1 is 0.511 bits per heavy atom. The fourth-order valence-electron chi connectivity index (χ4n) is 6.95. The molecule has 0 atom stereocenters. The normalized spacial score (nSPS) is 14.0. The van der Waals surface area contributed by atoms with Crippen molar-refractivity contribution in [3.8, 4) is 23.0 Å². The Morgan fingerprint density at radius 2 is 1.16 bits per heavy atom. The van der Waals surface area contributed by atoms with Crippen LogP contribution >= 0.6 is 11.8 Å². The Kier molecular flexibility index (Phi) is 5.89. The van der Waals surface area contributed by atoms with E-state index in [2.05, 4.69) is 145 Å². The molecule has 0 N–H and O–H groups in total. The van der Waals surface area contributed by atoms with Crippen molar-refractivity contribution in [2.75, 3.05) is 4.90 Å². The third-order valence-corrected chi connectivity index (χ3v) is 13.8. The molecule has 216 valence electrons. The van der Waals surface area contributed by atoms with Crippen LogP contribution < -0.4 is 24.7 Å². The third kappa shape index (κ3) is 4.04. The molecule has 45 heavy (non-hydrogen) atoms. The van der Waals surface area contributed by atoms with Crippen LogP contribution in [0.15, 0.2) is 149 Å². The summed E-state index contributed by atoms with van der Waals surface area (Å²) in [4.78, 5) is 4.60. The molecule has 3 nitrogen and oxygen atoms in total. The smallest absolute Gasteiger partial charge is 0.151 e. The van der Waals surface area contributed by atoms with Crippen LogP contribution in [0, 0.1) is 0 Å². The van der Waals surface area contributed by atoms with Crippen molar-refractivity contribution >= 4 is 68.8 Å². The second-order valence-corrected chi connectivity index (χ2v) is 17.5. The van der Waals surface area contributed by atoms with Crippen LogP contribution in [0.5, 0.6) is 23.0 Å². The van der Waals surface area contributed by atoms with Gasteiger partial charge in [-0.3, -0.25) is 0 Å². The Morgan fingerprint density at radius 3 is 2.04 bits per heavy atom. The van der Waals surface area contributed by atoms with E-state index in [1.807, 2.05) is 12.1 Å². The van der Waals surface area contributed by atoms with Crippen molar-refractivity contribution in [2.45, 2.75) is 22.9 Å². The molecule has 7 aromatic rings. The molecule has 2 heterocycles. The molecule has 2 aliphatic heterocycles. The van der Waals surface area contributed by atoms with Gasteiger partial charge in [-0.1, -0.05) is 122 Å². The fraction of sp³-hybridized carbons (Fsp3) is 0.0500. The van der Waals surface area contributed by atoms with Crippen molar-refractivity contribution in [3.63, 3.8) is 0 Å². The Bertz CT molecular complexity index is 2310. The van der Waals surface area contributed by atoms with Crippen molar-refractivity contribution in [1.29, 1.82) is 0 Å². The third-order valence-electron chi connectivity index (χ3n) is 9.15. The molecule has 0 saturated carbocycles. The van der Waals surface area contributed by atoms with E-state index >= 15 is 0 Å². The fourth-order valence-corrected chi connectivity index (χ4v) is 10.8. The SMILES string of the molecule is C[Si]1(C)c2ccccc2Oc2c(N(c3cccc4c3Sc3ccccc3O4)c3cc4ccccc4c4ccccc34)cccc21. The first-order valence-electron chi connectivity index (χ1n) is 15.3. The Labute approximate surface area is 267 Å². The zero-order valence-electron chi connectivity index (χ0n) is 25.0. The summed E-state index contributed by atoms with van der Waals surface area (Å²) < 4.78 is 13.4. The number of ether oxygens (including phenoxy) is 2. The first-order chi connectivity index (χ1) is 22.1. The molecule has 0 aliphatic carbocycles. The number of benzene rings is 7. The van der Waals surface area contributed by atoms with Crippen molar-refractivity contribution in [3.05, 3.63) is 140 Å². The maximum atomic E-state index is 6.92. The first kappa shape index (κ1) is 26.4. The summed E-state index contributed by atoms with van der Waals surface area (Å²) in [5, 5.41) is 7.47. The maximum Gasteiger partial charge on any atom is 0.151 e. The molecular weight excluding hydrogens is 587 g/mol. The van der Waals surface area contributed by atoms with Gasteiger partial charge in [0.2, 0.25) is 0 Å². The summed E-state index contributed by atoms with van der Waals surface area (Å²) in [5.41, 5.74) is 3.19. The van der Waals surface area contributed by atoms with E-state index in [4.69, 9.17) is 9.47 Å². The maximum absolute atomic E-state index is 6.92. The second kappa shape index (κ2) is 10.0. The second-order valence-electron chi connectivity index (χ2n) is 12.1. The van der Waals surface area contributed by atoms with E-state index in [0.29, 0.717) is 0 Å². The van der Waals surface area contributed by atoms with Crippen LogP contribution in [0.25, 0.3) is 21.5 Å². The van der Waals surface area contributed by atoms with Crippen molar-refractivity contribution in [2.24, 2.45) is 0 Å². The zero-order chi connectivity index (χ0) is 30.1. The van der Waals surface area contributed by atoms with Gasteiger partial charge in [0.25, 0.3) is 0 Å². The molecule has 0 unspecified atom stereocenters. The van der Waals surface area contributed by atoms with E-state index in [1.54, 1.807) is 11.8 Å². The lowest BCUT2D eigenvalue weighted by Crippen LogP contribution is -2.56. The summed E-state index contributed by atoms with van der Waals surface area (Å²) in [6, 6.07) is 49.6. The van der Waals surface area contributed by atoms with Gasteiger partial charge in [0.05, 0.1) is 26.9 Å². The Hall–Kier alpha value is -4.97.